The number of benzene rings is 1. The van der Waals surface area contributed by atoms with Crippen LogP contribution >= 0.6 is 0 Å². The van der Waals surface area contributed by atoms with Gasteiger partial charge in [0.25, 0.3) is 5.91 Å². The van der Waals surface area contributed by atoms with Crippen molar-refractivity contribution in [1.29, 1.82) is 0 Å². The number of ether oxygens (including phenoxy) is 1. The molecule has 1 aromatic heterocycles. The van der Waals surface area contributed by atoms with E-state index in [4.69, 9.17) is 4.74 Å². The van der Waals surface area contributed by atoms with Gasteiger partial charge in [-0.2, -0.15) is 0 Å². The van der Waals surface area contributed by atoms with Crippen LogP contribution in [0.3, 0.4) is 0 Å². The van der Waals surface area contributed by atoms with Crippen LogP contribution in [0.25, 0.3) is 0 Å². The molecule has 20 heavy (non-hydrogen) atoms. The van der Waals surface area contributed by atoms with Crippen LogP contribution in [-0.2, 0) is 0 Å². The summed E-state index contributed by atoms with van der Waals surface area (Å²) in [7, 11) is 3.38. The molecule has 1 heterocycles. The Balaban J connectivity index is 2.16. The topological polar surface area (TPSA) is 63.2 Å². The first-order valence-electron chi connectivity index (χ1n) is 6.24. The molecule has 1 aromatic carbocycles. The molecule has 0 radical (unpaired) electrons. The van der Waals surface area contributed by atoms with Gasteiger partial charge < -0.3 is 15.4 Å². The van der Waals surface area contributed by atoms with Gasteiger partial charge in [0, 0.05) is 24.5 Å². The number of carbonyl (C=O) groups excluding carboxylic acids is 1. The predicted molar refractivity (Wildman–Crippen MR) is 79.5 cm³/mol. The van der Waals surface area contributed by atoms with E-state index >= 15 is 0 Å². The number of hydrogen-bond acceptors (Lipinski definition) is 4. The summed E-state index contributed by atoms with van der Waals surface area (Å²) in [5.74, 6) is 1.28. The number of anilines is 2. The second-order valence-corrected chi connectivity index (χ2v) is 4.32. The molecule has 0 atom stereocenters. The minimum Gasteiger partial charge on any atom is -0.496 e. The lowest BCUT2D eigenvalue weighted by Crippen LogP contribution is -2.12. The van der Waals surface area contributed by atoms with Gasteiger partial charge in [-0.15, -0.1) is 0 Å². The molecule has 2 rings (SSSR count). The van der Waals surface area contributed by atoms with Gasteiger partial charge in [-0.25, -0.2) is 4.98 Å². The Morgan fingerprint density at radius 2 is 2.05 bits per heavy atom. The largest absolute Gasteiger partial charge is 0.496 e. The van der Waals surface area contributed by atoms with Crippen molar-refractivity contribution in [1.82, 2.24) is 4.98 Å². The summed E-state index contributed by atoms with van der Waals surface area (Å²) < 4.78 is 5.19. The van der Waals surface area contributed by atoms with Gasteiger partial charge in [-0.3, -0.25) is 4.79 Å². The van der Waals surface area contributed by atoms with Crippen LogP contribution in [0.4, 0.5) is 11.5 Å². The van der Waals surface area contributed by atoms with Crippen molar-refractivity contribution < 1.29 is 9.53 Å². The number of aryl methyl sites for hydroxylation is 1. The smallest absolute Gasteiger partial charge is 0.255 e. The molecule has 0 saturated carbocycles. The fraction of sp³-hybridized carbons (Fsp3) is 0.200. The summed E-state index contributed by atoms with van der Waals surface area (Å²) in [6.45, 7) is 1.93. The molecule has 0 fully saturated rings. The van der Waals surface area contributed by atoms with Gasteiger partial charge in [0.2, 0.25) is 0 Å². The van der Waals surface area contributed by atoms with E-state index in [0.29, 0.717) is 11.4 Å². The zero-order chi connectivity index (χ0) is 14.5. The summed E-state index contributed by atoms with van der Waals surface area (Å²) >= 11 is 0. The average molecular weight is 271 g/mol. The van der Waals surface area contributed by atoms with Crippen LogP contribution in [0, 0.1) is 6.92 Å². The highest BCUT2D eigenvalue weighted by molar-refractivity contribution is 6.04. The predicted octanol–water partition coefficient (Wildman–Crippen LogP) is 2.69. The molecule has 2 N–H and O–H groups in total. The Labute approximate surface area is 118 Å². The maximum absolute atomic E-state index is 12.2. The monoisotopic (exact) mass is 271 g/mol. The fourth-order valence-electron chi connectivity index (χ4n) is 1.87. The first-order chi connectivity index (χ1) is 9.63. The molecule has 0 aliphatic heterocycles. The highest BCUT2D eigenvalue weighted by atomic mass is 16.5. The van der Waals surface area contributed by atoms with Crippen LogP contribution in [-0.4, -0.2) is 25.0 Å². The van der Waals surface area contributed by atoms with Crippen LogP contribution in [0.5, 0.6) is 5.75 Å². The van der Waals surface area contributed by atoms with E-state index in [1.165, 1.54) is 0 Å². The van der Waals surface area contributed by atoms with E-state index in [1.807, 2.05) is 25.1 Å². The minimum atomic E-state index is -0.173. The van der Waals surface area contributed by atoms with Gasteiger partial charge in [0.05, 0.1) is 7.11 Å². The summed E-state index contributed by atoms with van der Waals surface area (Å²) in [5.41, 5.74) is 2.25. The lowest BCUT2D eigenvalue weighted by Gasteiger charge is -2.09. The van der Waals surface area contributed by atoms with Crippen molar-refractivity contribution in [3.05, 3.63) is 47.7 Å². The molecule has 5 heteroatoms. The normalized spacial score (nSPS) is 9.95. The number of hydrogen-bond donors (Lipinski definition) is 2. The number of nitrogens with zero attached hydrogens (tertiary/aromatic N) is 1. The maximum atomic E-state index is 12.2. The Bertz CT molecular complexity index is 626. The van der Waals surface area contributed by atoms with Crippen molar-refractivity contribution in [3.63, 3.8) is 0 Å². The Morgan fingerprint density at radius 1 is 1.25 bits per heavy atom. The molecule has 0 unspecified atom stereocenters. The van der Waals surface area contributed by atoms with E-state index in [0.717, 1.165) is 17.0 Å². The fourth-order valence-corrected chi connectivity index (χ4v) is 1.87. The highest BCUT2D eigenvalue weighted by Gasteiger charge is 2.08. The molecule has 104 valence electrons. The van der Waals surface area contributed by atoms with Crippen molar-refractivity contribution >= 4 is 17.4 Å². The molecule has 0 aliphatic rings. The molecular weight excluding hydrogens is 254 g/mol. The third-order valence-electron chi connectivity index (χ3n) is 2.93. The molecule has 0 saturated heterocycles. The Morgan fingerprint density at radius 3 is 2.70 bits per heavy atom. The standard InChI is InChI=1S/C15H17N3O2/c1-10-8-12(4-5-13(10)20-3)18-15(19)11-6-7-17-14(9-11)16-2/h4-9H,1-3H3,(H,16,17)(H,18,19). The van der Waals surface area contributed by atoms with E-state index in [2.05, 4.69) is 15.6 Å². The number of aromatic nitrogens is 1. The van der Waals surface area contributed by atoms with Crippen LogP contribution in [0.2, 0.25) is 0 Å². The number of nitrogens with one attached hydrogen (secondary N) is 2. The van der Waals surface area contributed by atoms with Crippen molar-refractivity contribution in [2.24, 2.45) is 0 Å². The summed E-state index contributed by atoms with van der Waals surface area (Å²) in [4.78, 5) is 16.2. The average Bonchev–Trinajstić information content (AvgIpc) is 2.47. The Hall–Kier alpha value is -2.56. The zero-order valence-electron chi connectivity index (χ0n) is 11.7. The third kappa shape index (κ3) is 3.06. The van der Waals surface area contributed by atoms with Crippen molar-refractivity contribution in [3.8, 4) is 5.75 Å². The lowest BCUT2D eigenvalue weighted by atomic mass is 10.2. The van der Waals surface area contributed by atoms with E-state index in [1.54, 1.807) is 32.5 Å². The molecule has 0 aliphatic carbocycles. The van der Waals surface area contributed by atoms with Gasteiger partial charge in [0.1, 0.15) is 11.6 Å². The van der Waals surface area contributed by atoms with Crippen LogP contribution < -0.4 is 15.4 Å². The molecular formula is C15H17N3O2. The van der Waals surface area contributed by atoms with Crippen LogP contribution in [0.15, 0.2) is 36.5 Å². The van der Waals surface area contributed by atoms with Crippen molar-refractivity contribution in [2.45, 2.75) is 6.92 Å². The van der Waals surface area contributed by atoms with E-state index in [9.17, 15) is 4.79 Å². The van der Waals surface area contributed by atoms with E-state index in [-0.39, 0.29) is 5.91 Å². The molecule has 0 spiro atoms. The van der Waals surface area contributed by atoms with E-state index < -0.39 is 0 Å². The second kappa shape index (κ2) is 6.06. The number of pyridine rings is 1. The number of carbonyl (C=O) groups is 1. The Kier molecular flexibility index (Phi) is 4.20. The third-order valence-corrected chi connectivity index (χ3v) is 2.93. The maximum Gasteiger partial charge on any atom is 0.255 e. The summed E-state index contributed by atoms with van der Waals surface area (Å²) in [6, 6.07) is 8.88. The lowest BCUT2D eigenvalue weighted by molar-refractivity contribution is 0.102. The first kappa shape index (κ1) is 13.9. The quantitative estimate of drug-likeness (QED) is 0.897. The summed E-state index contributed by atoms with van der Waals surface area (Å²) in [5, 5.41) is 5.75. The SMILES string of the molecule is CNc1cc(C(=O)Nc2ccc(OC)c(C)c2)ccn1. The minimum absolute atomic E-state index is 0.173. The molecule has 2 aromatic rings. The van der Waals surface area contributed by atoms with Crippen LogP contribution in [0.1, 0.15) is 15.9 Å². The zero-order valence-corrected chi connectivity index (χ0v) is 11.7. The van der Waals surface area contributed by atoms with Crippen molar-refractivity contribution in [2.75, 3.05) is 24.8 Å². The molecule has 0 bridgehead atoms. The summed E-state index contributed by atoms with van der Waals surface area (Å²) in [6.07, 6.45) is 1.60. The first-order valence-corrected chi connectivity index (χ1v) is 6.24. The van der Waals surface area contributed by atoms with Gasteiger partial charge in [0.15, 0.2) is 0 Å². The number of rotatable bonds is 4. The van der Waals surface area contributed by atoms with Gasteiger partial charge >= 0.3 is 0 Å². The second-order valence-electron chi connectivity index (χ2n) is 4.32. The molecule has 5 nitrogen and oxygen atoms in total. The number of methoxy groups -OCH3 is 1. The molecule has 1 amide bonds. The number of amides is 1. The van der Waals surface area contributed by atoms with Gasteiger partial charge in [-0.1, -0.05) is 0 Å². The highest BCUT2D eigenvalue weighted by Crippen LogP contribution is 2.21. The van der Waals surface area contributed by atoms with Gasteiger partial charge in [-0.05, 0) is 42.8 Å².